The monoisotopic (exact) mass is 249 g/mol. The van der Waals surface area contributed by atoms with Crippen LogP contribution in [0.5, 0.6) is 0 Å². The van der Waals surface area contributed by atoms with Gasteiger partial charge in [-0.2, -0.15) is 11.8 Å². The molecule has 0 spiro atoms. The molecular formula is C15H23NS. The lowest BCUT2D eigenvalue weighted by atomic mass is 9.81. The van der Waals surface area contributed by atoms with Crippen molar-refractivity contribution in [3.8, 4) is 0 Å². The van der Waals surface area contributed by atoms with Gasteiger partial charge in [-0.25, -0.2) is 0 Å². The number of aromatic nitrogens is 1. The topological polar surface area (TPSA) is 12.9 Å². The maximum atomic E-state index is 4.66. The molecular weight excluding hydrogens is 226 g/mol. The molecule has 1 aliphatic rings. The summed E-state index contributed by atoms with van der Waals surface area (Å²) in [4.78, 5) is 4.66. The van der Waals surface area contributed by atoms with Crippen LogP contribution in [-0.2, 0) is 5.75 Å². The van der Waals surface area contributed by atoms with Gasteiger partial charge in [-0.15, -0.1) is 0 Å². The Morgan fingerprint density at radius 2 is 2.06 bits per heavy atom. The van der Waals surface area contributed by atoms with E-state index in [1.165, 1.54) is 29.2 Å². The van der Waals surface area contributed by atoms with Crippen LogP contribution in [0.2, 0.25) is 0 Å². The van der Waals surface area contributed by atoms with Crippen LogP contribution in [0.1, 0.15) is 62.8 Å². The second-order valence-electron chi connectivity index (χ2n) is 5.62. The Hall–Kier alpha value is -0.500. The highest BCUT2D eigenvalue weighted by Gasteiger charge is 2.25. The summed E-state index contributed by atoms with van der Waals surface area (Å²) in [5.41, 5.74) is 4.44. The van der Waals surface area contributed by atoms with Crippen LogP contribution in [-0.4, -0.2) is 10.7 Å². The first kappa shape index (κ1) is 12.9. The van der Waals surface area contributed by atoms with Crippen LogP contribution in [0, 0.1) is 5.92 Å². The molecule has 0 saturated carbocycles. The lowest BCUT2D eigenvalue weighted by Gasteiger charge is -2.25. The van der Waals surface area contributed by atoms with Crippen molar-refractivity contribution in [3.05, 3.63) is 29.1 Å². The van der Waals surface area contributed by atoms with Crippen molar-refractivity contribution in [2.45, 2.75) is 51.7 Å². The van der Waals surface area contributed by atoms with Crippen molar-refractivity contribution in [1.29, 1.82) is 0 Å². The van der Waals surface area contributed by atoms with Gasteiger partial charge in [0.2, 0.25) is 0 Å². The number of nitrogens with zero attached hydrogens (tertiary/aromatic N) is 1. The fourth-order valence-corrected chi connectivity index (χ4v) is 3.79. The van der Waals surface area contributed by atoms with Gasteiger partial charge in [0.25, 0.3) is 0 Å². The van der Waals surface area contributed by atoms with Crippen molar-refractivity contribution in [2.24, 2.45) is 5.92 Å². The van der Waals surface area contributed by atoms with Gasteiger partial charge in [0, 0.05) is 17.6 Å². The van der Waals surface area contributed by atoms with Crippen LogP contribution in [0.3, 0.4) is 0 Å². The molecule has 0 saturated heterocycles. The zero-order valence-electron chi connectivity index (χ0n) is 11.4. The Morgan fingerprint density at radius 3 is 2.71 bits per heavy atom. The Balaban J connectivity index is 2.52. The van der Waals surface area contributed by atoms with E-state index < -0.39 is 0 Å². The van der Waals surface area contributed by atoms with E-state index >= 15 is 0 Å². The van der Waals surface area contributed by atoms with E-state index in [9.17, 15) is 0 Å². The van der Waals surface area contributed by atoms with Crippen molar-refractivity contribution in [1.82, 2.24) is 4.98 Å². The number of rotatable bonds is 2. The molecule has 0 aromatic carbocycles. The predicted octanol–water partition coefficient (Wildman–Crippen LogP) is 4.58. The highest BCUT2D eigenvalue weighted by molar-refractivity contribution is 7.98. The van der Waals surface area contributed by atoms with Crippen LogP contribution in [0.15, 0.2) is 12.3 Å². The average molecular weight is 249 g/mol. The summed E-state index contributed by atoms with van der Waals surface area (Å²) in [5, 5.41) is 0. The van der Waals surface area contributed by atoms with Gasteiger partial charge in [0.15, 0.2) is 0 Å². The summed E-state index contributed by atoms with van der Waals surface area (Å²) >= 11 is 2.07. The zero-order chi connectivity index (χ0) is 12.4. The minimum absolute atomic E-state index is 0.536. The minimum Gasteiger partial charge on any atom is -0.261 e. The van der Waals surface area contributed by atoms with Gasteiger partial charge >= 0.3 is 0 Å². The van der Waals surface area contributed by atoms with Gasteiger partial charge < -0.3 is 0 Å². The first-order valence-corrected chi connectivity index (χ1v) is 7.82. The molecule has 0 fully saturated rings. The summed E-state index contributed by atoms with van der Waals surface area (Å²) in [6.45, 7) is 9.22. The fraction of sp³-hybridized carbons (Fsp3) is 0.667. The molecule has 2 rings (SSSR count). The van der Waals surface area contributed by atoms with E-state index in [1.54, 1.807) is 5.56 Å². The molecule has 1 unspecified atom stereocenters. The normalized spacial score (nSPS) is 20.5. The van der Waals surface area contributed by atoms with E-state index in [-0.39, 0.29) is 0 Å². The molecule has 1 aromatic rings. The zero-order valence-corrected chi connectivity index (χ0v) is 12.2. The number of thioether (sulfide) groups is 1. The number of hydrogen-bond acceptors (Lipinski definition) is 2. The molecule has 0 bridgehead atoms. The van der Waals surface area contributed by atoms with Gasteiger partial charge in [0.05, 0.1) is 0 Å². The Labute approximate surface area is 109 Å². The molecule has 1 nitrogen and oxygen atoms in total. The third kappa shape index (κ3) is 2.67. The largest absolute Gasteiger partial charge is 0.261 e. The molecule has 2 heteroatoms. The van der Waals surface area contributed by atoms with E-state index in [0.717, 1.165) is 0 Å². The summed E-state index contributed by atoms with van der Waals surface area (Å²) in [7, 11) is 0. The second kappa shape index (κ2) is 5.43. The van der Waals surface area contributed by atoms with E-state index in [2.05, 4.69) is 50.5 Å². The number of hydrogen-bond donors (Lipinski definition) is 0. The predicted molar refractivity (Wildman–Crippen MR) is 76.7 cm³/mol. The lowest BCUT2D eigenvalue weighted by Crippen LogP contribution is -2.13. The summed E-state index contributed by atoms with van der Waals surface area (Å²) in [6.07, 6.45) is 3.30. The first-order valence-electron chi connectivity index (χ1n) is 6.66. The molecule has 94 valence electrons. The molecule has 17 heavy (non-hydrogen) atoms. The summed E-state index contributed by atoms with van der Waals surface area (Å²) < 4.78 is 0. The number of fused-ring (bicyclic) bond motifs is 1. The Bertz CT molecular complexity index is 385. The Morgan fingerprint density at radius 1 is 1.29 bits per heavy atom. The molecule has 0 radical (unpaired) electrons. The fourth-order valence-electron chi connectivity index (χ4n) is 2.75. The van der Waals surface area contributed by atoms with E-state index in [1.807, 2.05) is 6.20 Å². The summed E-state index contributed by atoms with van der Waals surface area (Å²) in [5.74, 6) is 4.41. The van der Waals surface area contributed by atoms with Crippen molar-refractivity contribution in [2.75, 3.05) is 5.75 Å². The van der Waals surface area contributed by atoms with Gasteiger partial charge in [-0.05, 0) is 47.1 Å². The van der Waals surface area contributed by atoms with Crippen molar-refractivity contribution in [3.63, 3.8) is 0 Å². The van der Waals surface area contributed by atoms with Gasteiger partial charge in [0.1, 0.15) is 0 Å². The quantitative estimate of drug-likeness (QED) is 0.761. The molecule has 1 aromatic heterocycles. The lowest BCUT2D eigenvalue weighted by molar-refractivity contribution is 0.480. The molecule has 0 amide bonds. The SMILES string of the molecule is CC(C)c1nccc2c1C(C(C)C)CCSC2. The smallest absolute Gasteiger partial charge is 0.0466 e. The minimum atomic E-state index is 0.536. The van der Waals surface area contributed by atoms with E-state index in [4.69, 9.17) is 0 Å². The number of pyridine rings is 1. The molecule has 1 atom stereocenters. The third-order valence-corrected chi connectivity index (χ3v) is 4.70. The molecule has 0 aliphatic carbocycles. The van der Waals surface area contributed by atoms with E-state index in [0.29, 0.717) is 17.8 Å². The van der Waals surface area contributed by atoms with Crippen LogP contribution in [0.25, 0.3) is 0 Å². The van der Waals surface area contributed by atoms with Crippen LogP contribution in [0.4, 0.5) is 0 Å². The van der Waals surface area contributed by atoms with Crippen molar-refractivity contribution >= 4 is 11.8 Å². The third-order valence-electron chi connectivity index (χ3n) is 3.66. The molecule has 2 heterocycles. The second-order valence-corrected chi connectivity index (χ2v) is 6.72. The van der Waals surface area contributed by atoms with Gasteiger partial charge in [-0.1, -0.05) is 27.7 Å². The average Bonchev–Trinajstić information content (AvgIpc) is 2.50. The molecule has 1 aliphatic heterocycles. The van der Waals surface area contributed by atoms with Gasteiger partial charge in [-0.3, -0.25) is 4.98 Å². The summed E-state index contributed by atoms with van der Waals surface area (Å²) in [6, 6.07) is 2.23. The standard InChI is InChI=1S/C15H23NS/c1-10(2)13-6-8-17-9-12-5-7-16-15(11(3)4)14(12)13/h5,7,10-11,13H,6,8-9H2,1-4H3. The first-order chi connectivity index (χ1) is 8.11. The molecule has 0 N–H and O–H groups in total. The maximum absolute atomic E-state index is 4.66. The van der Waals surface area contributed by atoms with Crippen LogP contribution >= 0.6 is 11.8 Å². The van der Waals surface area contributed by atoms with Crippen LogP contribution < -0.4 is 0 Å². The van der Waals surface area contributed by atoms with Crippen molar-refractivity contribution < 1.29 is 0 Å². The highest BCUT2D eigenvalue weighted by atomic mass is 32.2. The Kier molecular flexibility index (Phi) is 4.13. The maximum Gasteiger partial charge on any atom is 0.0466 e. The highest BCUT2D eigenvalue weighted by Crippen LogP contribution is 2.39.